The maximum Gasteiger partial charge on any atom is 0.149 e. The molecule has 0 saturated heterocycles. The molecule has 0 fully saturated rings. The summed E-state index contributed by atoms with van der Waals surface area (Å²) in [6.07, 6.45) is -0.666. The van der Waals surface area contributed by atoms with Gasteiger partial charge in [0.1, 0.15) is 41.0 Å². The molecule has 2 rings (SSSR count). The van der Waals surface area contributed by atoms with E-state index in [2.05, 4.69) is 4.89 Å². The van der Waals surface area contributed by atoms with Crippen LogP contribution in [-0.4, -0.2) is 5.26 Å². The van der Waals surface area contributed by atoms with Crippen LogP contribution in [0.5, 0.6) is 0 Å². The number of rotatable bonds is 5. The average Bonchev–Trinajstić information content (AvgIpc) is 2.50. The van der Waals surface area contributed by atoms with E-state index in [0.717, 1.165) is 12.1 Å². The molecule has 0 bridgehead atoms. The Morgan fingerprint density at radius 1 is 1.04 bits per heavy atom. The number of hydrogen-bond donors (Lipinski definition) is 1. The van der Waals surface area contributed by atoms with Gasteiger partial charge in [-0.3, -0.25) is 5.26 Å². The topological polar surface area (TPSA) is 53.2 Å². The van der Waals surface area contributed by atoms with E-state index in [1.165, 1.54) is 6.07 Å². The van der Waals surface area contributed by atoms with Crippen molar-refractivity contribution in [2.45, 2.75) is 25.9 Å². The quantitative estimate of drug-likeness (QED) is 0.490. The molecule has 0 aliphatic heterocycles. The molecule has 1 atom stereocenters. The number of nitriles is 1. The molecular weight excluding hydrogens is 326 g/mol. The fourth-order valence-electron chi connectivity index (χ4n) is 2.45. The number of nitrogens with zero attached hydrogens (tertiary/aromatic N) is 1. The maximum atomic E-state index is 14.2. The Morgan fingerprint density at radius 2 is 1.58 bits per heavy atom. The number of halogens is 4. The molecule has 3 nitrogen and oxygen atoms in total. The Kier molecular flexibility index (Phi) is 5.54. The SMILES string of the molecule is CCCc1cc(F)c(C(OO)c2cc(F)c(C#N)c(F)c2)c(F)c1. The second-order valence-corrected chi connectivity index (χ2v) is 5.18. The predicted octanol–water partition coefficient (Wildman–Crippen LogP) is 4.65. The lowest BCUT2D eigenvalue weighted by Gasteiger charge is -2.17. The van der Waals surface area contributed by atoms with Gasteiger partial charge in [0.05, 0.1) is 5.56 Å². The highest BCUT2D eigenvalue weighted by atomic mass is 19.1. The van der Waals surface area contributed by atoms with Crippen LogP contribution in [0.15, 0.2) is 24.3 Å². The van der Waals surface area contributed by atoms with E-state index in [1.807, 2.05) is 6.92 Å². The predicted molar refractivity (Wildman–Crippen MR) is 77.0 cm³/mol. The standard InChI is InChI=1S/C17H13F4NO2/c1-2-3-9-4-14(20)16(15(21)5-9)17(24-23)10-6-12(18)11(8-22)13(19)7-10/h4-7,17,23H,2-3H2,1H3. The fraction of sp³-hybridized carbons (Fsp3) is 0.235. The molecule has 0 aromatic heterocycles. The lowest BCUT2D eigenvalue weighted by atomic mass is 9.96. The summed E-state index contributed by atoms with van der Waals surface area (Å²) in [5.74, 6) is -4.47. The van der Waals surface area contributed by atoms with Gasteiger partial charge >= 0.3 is 0 Å². The molecule has 1 N–H and O–H groups in total. The van der Waals surface area contributed by atoms with Crippen molar-refractivity contribution in [2.75, 3.05) is 0 Å². The second-order valence-electron chi connectivity index (χ2n) is 5.18. The zero-order chi connectivity index (χ0) is 17.9. The molecule has 2 aromatic rings. The Labute approximate surface area is 135 Å². The van der Waals surface area contributed by atoms with Gasteiger partial charge in [0.15, 0.2) is 0 Å². The molecule has 2 aromatic carbocycles. The summed E-state index contributed by atoms with van der Waals surface area (Å²) in [6, 6.07) is 4.84. The number of benzene rings is 2. The average molecular weight is 339 g/mol. The summed E-state index contributed by atoms with van der Waals surface area (Å²) in [5.41, 5.74) is -1.48. The van der Waals surface area contributed by atoms with Crippen molar-refractivity contribution in [1.82, 2.24) is 0 Å². The molecule has 24 heavy (non-hydrogen) atoms. The molecule has 0 aliphatic carbocycles. The molecule has 7 heteroatoms. The summed E-state index contributed by atoms with van der Waals surface area (Å²) in [5, 5.41) is 17.7. The first-order chi connectivity index (χ1) is 11.4. The smallest absolute Gasteiger partial charge is 0.149 e. The fourth-order valence-corrected chi connectivity index (χ4v) is 2.45. The minimum absolute atomic E-state index is 0.368. The summed E-state index contributed by atoms with van der Waals surface area (Å²) in [7, 11) is 0. The van der Waals surface area contributed by atoms with Crippen molar-refractivity contribution < 1.29 is 27.7 Å². The van der Waals surface area contributed by atoms with Crippen molar-refractivity contribution in [1.29, 1.82) is 5.26 Å². The van der Waals surface area contributed by atoms with Crippen LogP contribution in [0, 0.1) is 34.6 Å². The highest BCUT2D eigenvalue weighted by molar-refractivity contribution is 5.40. The molecule has 0 saturated carbocycles. The molecule has 0 heterocycles. The van der Waals surface area contributed by atoms with Crippen molar-refractivity contribution in [3.05, 3.63) is 69.8 Å². The van der Waals surface area contributed by atoms with Gasteiger partial charge in [0.2, 0.25) is 0 Å². The molecule has 0 radical (unpaired) electrons. The van der Waals surface area contributed by atoms with E-state index in [-0.39, 0.29) is 5.56 Å². The molecule has 1 unspecified atom stereocenters. The first-order valence-corrected chi connectivity index (χ1v) is 7.10. The van der Waals surface area contributed by atoms with Crippen LogP contribution in [0.2, 0.25) is 0 Å². The molecular formula is C17H13F4NO2. The van der Waals surface area contributed by atoms with Crippen molar-refractivity contribution in [3.8, 4) is 6.07 Å². The van der Waals surface area contributed by atoms with Crippen LogP contribution in [0.4, 0.5) is 17.6 Å². The lowest BCUT2D eigenvalue weighted by Crippen LogP contribution is -2.11. The van der Waals surface area contributed by atoms with Gasteiger partial charge in [-0.25, -0.2) is 22.4 Å². The van der Waals surface area contributed by atoms with Crippen LogP contribution in [-0.2, 0) is 11.3 Å². The Hall–Kier alpha value is -2.43. The van der Waals surface area contributed by atoms with Gasteiger partial charge in [-0.05, 0) is 41.8 Å². The molecule has 0 aliphatic rings. The van der Waals surface area contributed by atoms with Crippen LogP contribution < -0.4 is 0 Å². The van der Waals surface area contributed by atoms with Crippen molar-refractivity contribution in [2.24, 2.45) is 0 Å². The van der Waals surface area contributed by atoms with Crippen LogP contribution in [0.25, 0.3) is 0 Å². The number of aryl methyl sites for hydroxylation is 1. The summed E-state index contributed by atoms with van der Waals surface area (Å²) >= 11 is 0. The minimum atomic E-state index is -1.78. The van der Waals surface area contributed by atoms with E-state index in [1.54, 1.807) is 0 Å². The van der Waals surface area contributed by atoms with E-state index < -0.39 is 40.5 Å². The molecule has 0 amide bonds. The van der Waals surface area contributed by atoms with Gasteiger partial charge in [-0.15, -0.1) is 0 Å². The third-order valence-electron chi connectivity index (χ3n) is 3.52. The van der Waals surface area contributed by atoms with Crippen molar-refractivity contribution in [3.63, 3.8) is 0 Å². The summed E-state index contributed by atoms with van der Waals surface area (Å²) in [4.78, 5) is 4.07. The number of hydrogen-bond acceptors (Lipinski definition) is 3. The Morgan fingerprint density at radius 3 is 2.00 bits per heavy atom. The summed E-state index contributed by atoms with van der Waals surface area (Å²) < 4.78 is 55.9. The lowest BCUT2D eigenvalue weighted by molar-refractivity contribution is -0.271. The van der Waals surface area contributed by atoms with Gasteiger partial charge in [0.25, 0.3) is 0 Å². The summed E-state index contributed by atoms with van der Waals surface area (Å²) in [6.45, 7) is 1.84. The Bertz CT molecular complexity index is 756. The monoisotopic (exact) mass is 339 g/mol. The van der Waals surface area contributed by atoms with E-state index in [9.17, 15) is 17.6 Å². The minimum Gasteiger partial charge on any atom is -0.251 e. The second kappa shape index (κ2) is 7.43. The third kappa shape index (κ3) is 3.40. The third-order valence-corrected chi connectivity index (χ3v) is 3.52. The van der Waals surface area contributed by atoms with E-state index in [4.69, 9.17) is 10.5 Å². The molecule has 0 spiro atoms. The van der Waals surface area contributed by atoms with Crippen LogP contribution >= 0.6 is 0 Å². The van der Waals surface area contributed by atoms with Gasteiger partial charge in [-0.2, -0.15) is 5.26 Å². The zero-order valence-electron chi connectivity index (χ0n) is 12.6. The largest absolute Gasteiger partial charge is 0.251 e. The van der Waals surface area contributed by atoms with Crippen LogP contribution in [0.1, 0.15) is 41.7 Å². The van der Waals surface area contributed by atoms with E-state index >= 15 is 0 Å². The first-order valence-electron chi connectivity index (χ1n) is 7.10. The highest BCUT2D eigenvalue weighted by Crippen LogP contribution is 2.32. The maximum absolute atomic E-state index is 14.2. The molecule has 126 valence electrons. The van der Waals surface area contributed by atoms with Crippen molar-refractivity contribution >= 4 is 0 Å². The van der Waals surface area contributed by atoms with E-state index in [0.29, 0.717) is 30.5 Å². The van der Waals surface area contributed by atoms with Gasteiger partial charge in [-0.1, -0.05) is 13.3 Å². The Balaban J connectivity index is 2.56. The normalized spacial score (nSPS) is 12.0. The highest BCUT2D eigenvalue weighted by Gasteiger charge is 2.26. The van der Waals surface area contributed by atoms with Gasteiger partial charge < -0.3 is 0 Å². The first kappa shape index (κ1) is 17.9. The van der Waals surface area contributed by atoms with Gasteiger partial charge in [0, 0.05) is 0 Å². The zero-order valence-corrected chi connectivity index (χ0v) is 12.6. The van der Waals surface area contributed by atoms with Crippen LogP contribution in [0.3, 0.4) is 0 Å².